The molecule has 0 radical (unpaired) electrons. The topological polar surface area (TPSA) is 65.5 Å². The molecule has 6 atom stereocenters. The summed E-state index contributed by atoms with van der Waals surface area (Å²) in [7, 11) is 0. The molecule has 2 aliphatic carbocycles. The lowest BCUT2D eigenvalue weighted by Gasteiger charge is -2.39. The van der Waals surface area contributed by atoms with Crippen molar-refractivity contribution in [3.05, 3.63) is 95.2 Å². The number of hydrogen-bond acceptors (Lipinski definition) is 4. The maximum atomic E-state index is 10.3. The largest absolute Gasteiger partial charge is 0.393 e. The molecular weight excluding hydrogens is 544 g/mol. The number of epoxide rings is 2. The third-order valence-electron chi connectivity index (χ3n) is 10.7. The average Bonchev–Trinajstić information content (AvgIpc) is 3.73. The van der Waals surface area contributed by atoms with E-state index in [1.807, 2.05) is 0 Å². The highest BCUT2D eigenvalue weighted by Crippen LogP contribution is 2.67. The lowest BCUT2D eigenvalue weighted by molar-refractivity contribution is 0.0510. The highest BCUT2D eigenvalue weighted by Gasteiger charge is 2.75. The van der Waals surface area contributed by atoms with Crippen molar-refractivity contribution in [3.8, 4) is 0 Å². The second-order valence-electron chi connectivity index (χ2n) is 15.8. The van der Waals surface area contributed by atoms with E-state index in [-0.39, 0.29) is 45.4 Å². The van der Waals surface area contributed by atoms with Crippen LogP contribution in [-0.2, 0) is 9.47 Å². The zero-order valence-corrected chi connectivity index (χ0v) is 29.0. The molecule has 2 saturated heterocycles. The van der Waals surface area contributed by atoms with E-state index in [9.17, 15) is 10.2 Å². The molecule has 4 rings (SSSR count). The molecule has 4 heteroatoms. The molecule has 2 aliphatic heterocycles. The van der Waals surface area contributed by atoms with Crippen molar-refractivity contribution in [1.29, 1.82) is 0 Å². The maximum absolute atomic E-state index is 10.3. The first kappa shape index (κ1) is 34.6. The Kier molecular flexibility index (Phi) is 9.85. The molecule has 2 N–H and O–H groups in total. The zero-order chi connectivity index (χ0) is 32.6. The Balaban J connectivity index is 1.22. The molecule has 4 nitrogen and oxygen atoms in total. The lowest BCUT2D eigenvalue weighted by Crippen LogP contribution is -2.46. The van der Waals surface area contributed by atoms with Gasteiger partial charge in [0.25, 0.3) is 0 Å². The van der Waals surface area contributed by atoms with E-state index in [4.69, 9.17) is 9.47 Å². The Morgan fingerprint density at radius 2 is 1.07 bits per heavy atom. The second-order valence-corrected chi connectivity index (χ2v) is 15.8. The lowest BCUT2D eigenvalue weighted by atomic mass is 9.63. The van der Waals surface area contributed by atoms with Crippen molar-refractivity contribution < 1.29 is 19.7 Å². The molecule has 0 amide bonds. The van der Waals surface area contributed by atoms with E-state index in [0.29, 0.717) is 12.8 Å². The van der Waals surface area contributed by atoms with Crippen LogP contribution in [-0.4, -0.2) is 44.8 Å². The Labute approximate surface area is 267 Å². The minimum atomic E-state index is -0.289. The van der Waals surface area contributed by atoms with Gasteiger partial charge >= 0.3 is 0 Å². The molecule has 242 valence electrons. The monoisotopic (exact) mass is 602 g/mol. The summed E-state index contributed by atoms with van der Waals surface area (Å²) in [5, 5.41) is 20.5. The van der Waals surface area contributed by atoms with Gasteiger partial charge in [-0.05, 0) is 79.4 Å². The maximum Gasteiger partial charge on any atom is 0.121 e. The van der Waals surface area contributed by atoms with Crippen molar-refractivity contribution in [3.63, 3.8) is 0 Å². The normalized spacial score (nSPS) is 39.0. The van der Waals surface area contributed by atoms with Crippen molar-refractivity contribution in [2.75, 3.05) is 0 Å². The summed E-state index contributed by atoms with van der Waals surface area (Å²) in [5.74, 6) is 0. The SMILES string of the molecule is CC(=C/C=C\C(C)=C\C=C\C=C(/C)CC/C=C(C)/C=C\[C@@]12O[C@]1(C)C[C@@H](O)CC2(C)C)/C=C/[C@@]12O[C@]1(C)C[C@@H](O)CC2(C)C. The van der Waals surface area contributed by atoms with Crippen LogP contribution in [0.1, 0.15) is 108 Å². The van der Waals surface area contributed by atoms with Crippen molar-refractivity contribution in [1.82, 2.24) is 0 Å². The predicted octanol–water partition coefficient (Wildman–Crippen LogP) is 9.19. The minimum Gasteiger partial charge on any atom is -0.393 e. The van der Waals surface area contributed by atoms with Gasteiger partial charge in [-0.2, -0.15) is 0 Å². The van der Waals surface area contributed by atoms with Gasteiger partial charge in [0.2, 0.25) is 0 Å². The van der Waals surface area contributed by atoms with Gasteiger partial charge in [-0.25, -0.2) is 0 Å². The van der Waals surface area contributed by atoms with Crippen molar-refractivity contribution in [2.24, 2.45) is 10.8 Å². The fraction of sp³-hybridized carbons (Fsp3) is 0.600. The van der Waals surface area contributed by atoms with Gasteiger partial charge in [0.1, 0.15) is 22.4 Å². The highest BCUT2D eigenvalue weighted by atomic mass is 16.6. The standard InChI is InChI=1S/C40H58O4/c1-29(17-13-19-31(3)21-23-39-35(5,6)25-33(41)27-37(39,9)43-39)15-11-12-16-30(2)18-14-20-32(4)22-24-40-36(7,8)26-34(42)28-38(40,10)44-40/h11-13,15-17,19-24,33-34,41-42H,14,18,25-28H2,1-10H3/b12-11+,17-13-,23-21+,24-22-,29-15+,30-16+,31-19-,32-20+/t33-,34-,37+,38+,39-,40-/m0/s1. The van der Waals surface area contributed by atoms with Gasteiger partial charge in [-0.3, -0.25) is 0 Å². The first-order valence-corrected chi connectivity index (χ1v) is 16.6. The number of rotatable bonds is 11. The van der Waals surface area contributed by atoms with Crippen molar-refractivity contribution in [2.45, 2.75) is 142 Å². The van der Waals surface area contributed by atoms with Gasteiger partial charge in [0.15, 0.2) is 0 Å². The quantitative estimate of drug-likeness (QED) is 0.183. The van der Waals surface area contributed by atoms with Crippen LogP contribution in [0.5, 0.6) is 0 Å². The number of fused-ring (bicyclic) bond motifs is 2. The number of ether oxygens (including phenoxy) is 2. The Morgan fingerprint density at radius 3 is 1.59 bits per heavy atom. The van der Waals surface area contributed by atoms with Crippen LogP contribution < -0.4 is 0 Å². The Hall–Kier alpha value is -2.24. The summed E-state index contributed by atoms with van der Waals surface area (Å²) in [6.07, 6.45) is 30.4. The molecule has 0 aromatic carbocycles. The van der Waals surface area contributed by atoms with Crippen LogP contribution in [0.4, 0.5) is 0 Å². The second kappa shape index (κ2) is 12.5. The summed E-state index contributed by atoms with van der Waals surface area (Å²) < 4.78 is 12.5. The van der Waals surface area contributed by atoms with Crippen LogP contribution in [0, 0.1) is 10.8 Å². The summed E-state index contributed by atoms with van der Waals surface area (Å²) in [4.78, 5) is 0. The Morgan fingerprint density at radius 1 is 0.614 bits per heavy atom. The molecule has 0 aromatic rings. The van der Waals surface area contributed by atoms with E-state index in [1.165, 1.54) is 22.3 Å². The third-order valence-corrected chi connectivity index (χ3v) is 10.7. The fourth-order valence-corrected chi connectivity index (χ4v) is 8.22. The predicted molar refractivity (Wildman–Crippen MR) is 183 cm³/mol. The summed E-state index contributed by atoms with van der Waals surface area (Å²) in [5.41, 5.74) is 3.73. The van der Waals surface area contributed by atoms with Gasteiger partial charge < -0.3 is 19.7 Å². The minimum absolute atomic E-state index is 0.0789. The van der Waals surface area contributed by atoms with Crippen LogP contribution in [0.3, 0.4) is 0 Å². The molecule has 0 bridgehead atoms. The van der Waals surface area contributed by atoms with E-state index in [2.05, 4.69) is 142 Å². The number of hydrogen-bond donors (Lipinski definition) is 2. The summed E-state index contributed by atoms with van der Waals surface area (Å²) in [6.45, 7) is 21.6. The van der Waals surface area contributed by atoms with E-state index >= 15 is 0 Å². The molecule has 0 aromatic heterocycles. The molecule has 4 aliphatic rings. The molecule has 0 spiro atoms. The van der Waals surface area contributed by atoms with Crippen LogP contribution in [0.25, 0.3) is 0 Å². The van der Waals surface area contributed by atoms with Gasteiger partial charge in [-0.1, -0.05) is 111 Å². The zero-order valence-electron chi connectivity index (χ0n) is 29.0. The smallest absolute Gasteiger partial charge is 0.121 e. The van der Waals surface area contributed by atoms with Crippen LogP contribution >= 0.6 is 0 Å². The van der Waals surface area contributed by atoms with Crippen molar-refractivity contribution >= 4 is 0 Å². The fourth-order valence-electron chi connectivity index (χ4n) is 8.22. The Bertz CT molecular complexity index is 1330. The first-order chi connectivity index (χ1) is 20.4. The van der Waals surface area contributed by atoms with Gasteiger partial charge in [-0.15, -0.1) is 0 Å². The highest BCUT2D eigenvalue weighted by molar-refractivity contribution is 5.37. The number of aliphatic hydroxyl groups excluding tert-OH is 2. The van der Waals surface area contributed by atoms with E-state index < -0.39 is 0 Å². The molecular formula is C40H58O4. The van der Waals surface area contributed by atoms with Crippen LogP contribution in [0.15, 0.2) is 95.2 Å². The van der Waals surface area contributed by atoms with E-state index in [0.717, 1.165) is 25.7 Å². The molecule has 44 heavy (non-hydrogen) atoms. The van der Waals surface area contributed by atoms with Gasteiger partial charge in [0, 0.05) is 23.7 Å². The van der Waals surface area contributed by atoms with Crippen LogP contribution in [0.2, 0.25) is 0 Å². The molecule has 4 fully saturated rings. The van der Waals surface area contributed by atoms with E-state index in [1.54, 1.807) is 0 Å². The third kappa shape index (κ3) is 6.94. The summed E-state index contributed by atoms with van der Waals surface area (Å²) in [6, 6.07) is 0. The molecule has 0 unspecified atom stereocenters. The van der Waals surface area contributed by atoms with Gasteiger partial charge in [0.05, 0.1) is 12.2 Å². The molecule has 2 saturated carbocycles. The molecule has 2 heterocycles. The first-order valence-electron chi connectivity index (χ1n) is 16.6. The number of aliphatic hydroxyl groups is 2. The number of allylic oxidation sites excluding steroid dienone is 14. The summed E-state index contributed by atoms with van der Waals surface area (Å²) >= 11 is 0. The average molecular weight is 603 g/mol.